The average Bonchev–Trinajstić information content (AvgIpc) is 4.00. The minimum Gasteiger partial charge on any atom is -0.491 e. The molecule has 0 fully saturated rings. The Balaban J connectivity index is 1.35. The Morgan fingerprint density at radius 3 is 1.21 bits per heavy atom. The van der Waals surface area contributed by atoms with E-state index < -0.39 is 0 Å². The highest BCUT2D eigenvalue weighted by Crippen LogP contribution is 2.55. The van der Waals surface area contributed by atoms with Crippen LogP contribution in [0.1, 0.15) is 130 Å². The number of unbranched alkanes of at least 4 members (excludes halogenated alkanes) is 12. The summed E-state index contributed by atoms with van der Waals surface area (Å²) in [4.78, 5) is 2.22. The Hall–Kier alpha value is -2.44. The summed E-state index contributed by atoms with van der Waals surface area (Å²) in [6, 6.07) is 4.46. The summed E-state index contributed by atoms with van der Waals surface area (Å²) in [6.45, 7) is 11.9. The molecule has 0 aliphatic carbocycles. The Kier molecular flexibility index (Phi) is 16.0. The first-order valence-corrected chi connectivity index (χ1v) is 24.2. The molecular weight excluding hydrogens is 757 g/mol. The second-order valence-electron chi connectivity index (χ2n) is 13.8. The van der Waals surface area contributed by atoms with Crippen molar-refractivity contribution in [2.75, 3.05) is 26.4 Å². The van der Waals surface area contributed by atoms with Crippen molar-refractivity contribution in [1.29, 1.82) is 0 Å². The first-order valence-electron chi connectivity index (χ1n) is 20.0. The van der Waals surface area contributed by atoms with E-state index >= 15 is 0 Å². The molecule has 6 nitrogen and oxygen atoms in total. The molecule has 0 radical (unpaired) electrons. The van der Waals surface area contributed by atoms with Gasteiger partial charge in [-0.3, -0.25) is 0 Å². The van der Waals surface area contributed by atoms with Crippen molar-refractivity contribution in [2.45, 2.75) is 130 Å². The van der Waals surface area contributed by atoms with Gasteiger partial charge >= 0.3 is 0 Å². The molecule has 0 saturated carbocycles. The van der Waals surface area contributed by atoms with Crippen molar-refractivity contribution in [3.8, 4) is 43.9 Å². The van der Waals surface area contributed by atoms with Crippen LogP contribution in [0, 0.1) is 0 Å². The summed E-state index contributed by atoms with van der Waals surface area (Å²) in [5.74, 6) is 3.87. The van der Waals surface area contributed by atoms with E-state index in [4.69, 9.17) is 27.7 Å². The van der Waals surface area contributed by atoms with E-state index in [1.54, 1.807) is 45.3 Å². The van der Waals surface area contributed by atoms with Gasteiger partial charge in [0.25, 0.3) is 0 Å². The van der Waals surface area contributed by atoms with Crippen LogP contribution < -0.4 is 18.9 Å². The first kappa shape index (κ1) is 40.2. The van der Waals surface area contributed by atoms with Crippen molar-refractivity contribution in [3.05, 3.63) is 22.9 Å². The lowest BCUT2D eigenvalue weighted by molar-refractivity contribution is 0.308. The van der Waals surface area contributed by atoms with Gasteiger partial charge in [0, 0.05) is 21.9 Å². The number of aromatic nitrogens is 2. The van der Waals surface area contributed by atoms with Crippen LogP contribution >= 0.6 is 57.1 Å². The van der Waals surface area contributed by atoms with Gasteiger partial charge in [0.2, 0.25) is 0 Å². The Labute approximate surface area is 336 Å². The number of hydrogen-bond donors (Lipinski definition) is 0. The van der Waals surface area contributed by atoms with Crippen molar-refractivity contribution < 1.29 is 18.9 Å². The Morgan fingerprint density at radius 2 is 0.830 bits per heavy atom. The van der Waals surface area contributed by atoms with Crippen LogP contribution in [0.4, 0.5) is 0 Å². The molecule has 0 saturated heterocycles. The summed E-state index contributed by atoms with van der Waals surface area (Å²) < 4.78 is 40.7. The van der Waals surface area contributed by atoms with Crippen LogP contribution in [0.3, 0.4) is 0 Å². The molecule has 6 rings (SSSR count). The maximum Gasteiger partial charge on any atom is 0.155 e. The van der Waals surface area contributed by atoms with Gasteiger partial charge in [0.1, 0.15) is 22.5 Å². The molecule has 0 bridgehead atoms. The zero-order valence-electron chi connectivity index (χ0n) is 32.0. The summed E-state index contributed by atoms with van der Waals surface area (Å²) in [5.41, 5.74) is 3.97. The Morgan fingerprint density at radius 1 is 0.453 bits per heavy atom. The monoisotopic (exact) mass is 812 g/mol. The largest absolute Gasteiger partial charge is 0.491 e. The normalized spacial score (nSPS) is 11.8. The van der Waals surface area contributed by atoms with Gasteiger partial charge in [-0.1, -0.05) is 117 Å². The SMILES string of the molecule is CCCCCCOc1csc2c(OCCCCCC)c(-c3ccc(-c4sc5c(OCCCCCC)csc5c4OCCCCCC)c4nsnc34)sc12. The van der Waals surface area contributed by atoms with Crippen LogP contribution in [0.5, 0.6) is 23.0 Å². The van der Waals surface area contributed by atoms with Crippen molar-refractivity contribution in [3.63, 3.8) is 0 Å². The van der Waals surface area contributed by atoms with Crippen molar-refractivity contribution in [2.24, 2.45) is 0 Å². The minimum atomic E-state index is 0.703. The molecule has 0 aliphatic heterocycles. The second-order valence-corrected chi connectivity index (χ2v) is 18.1. The van der Waals surface area contributed by atoms with Gasteiger partial charge in [-0.15, -0.1) is 45.3 Å². The molecule has 0 spiro atoms. The number of thiophene rings is 4. The third-order valence-electron chi connectivity index (χ3n) is 9.57. The smallest absolute Gasteiger partial charge is 0.155 e. The quantitative estimate of drug-likeness (QED) is 0.0508. The molecule has 0 aliphatic rings. The summed E-state index contributed by atoms with van der Waals surface area (Å²) in [7, 11) is 0. The lowest BCUT2D eigenvalue weighted by atomic mass is 10.1. The van der Waals surface area contributed by atoms with Crippen LogP contribution in [0.25, 0.3) is 50.7 Å². The number of hydrogen-bond acceptors (Lipinski definition) is 11. The molecule has 0 unspecified atom stereocenters. The first-order chi connectivity index (χ1) is 26.2. The molecule has 0 N–H and O–H groups in total. The zero-order chi connectivity index (χ0) is 36.8. The van der Waals surface area contributed by atoms with Crippen molar-refractivity contribution >= 4 is 86.9 Å². The zero-order valence-corrected chi connectivity index (χ0v) is 36.1. The van der Waals surface area contributed by atoms with Crippen LogP contribution in [0.2, 0.25) is 0 Å². The number of benzene rings is 1. The predicted octanol–water partition coefficient (Wildman–Crippen LogP) is 15.4. The van der Waals surface area contributed by atoms with Gasteiger partial charge in [-0.2, -0.15) is 8.75 Å². The fraction of sp³-hybridized carbons (Fsp3) is 0.571. The molecule has 5 heterocycles. The molecule has 11 heteroatoms. The second kappa shape index (κ2) is 21.0. The topological polar surface area (TPSA) is 62.7 Å². The van der Waals surface area contributed by atoms with E-state index in [0.29, 0.717) is 13.2 Å². The highest BCUT2D eigenvalue weighted by atomic mass is 32.1. The summed E-state index contributed by atoms with van der Waals surface area (Å²) in [6.07, 6.45) is 18.8. The molecule has 0 atom stereocenters. The fourth-order valence-electron chi connectivity index (χ4n) is 6.55. The van der Waals surface area contributed by atoms with Gasteiger partial charge in [-0.05, 0) is 25.7 Å². The van der Waals surface area contributed by atoms with Crippen molar-refractivity contribution in [1.82, 2.24) is 8.75 Å². The average molecular weight is 813 g/mol. The van der Waals surface area contributed by atoms with Gasteiger partial charge < -0.3 is 18.9 Å². The minimum absolute atomic E-state index is 0.703. The number of fused-ring (bicyclic) bond motifs is 3. The highest BCUT2D eigenvalue weighted by Gasteiger charge is 2.27. The van der Waals surface area contributed by atoms with E-state index in [1.807, 2.05) is 0 Å². The number of rotatable bonds is 26. The third-order valence-corrected chi connectivity index (χ3v) is 14.7. The summed E-state index contributed by atoms with van der Waals surface area (Å²) in [5, 5.41) is 4.32. The number of nitrogens with zero attached hydrogens (tertiary/aromatic N) is 2. The lowest BCUT2D eigenvalue weighted by Gasteiger charge is -2.11. The predicted molar refractivity (Wildman–Crippen MR) is 233 cm³/mol. The van der Waals surface area contributed by atoms with E-state index in [0.717, 1.165) is 93.8 Å². The van der Waals surface area contributed by atoms with Crippen LogP contribution in [0.15, 0.2) is 22.9 Å². The molecule has 6 aromatic rings. The molecule has 288 valence electrons. The van der Waals surface area contributed by atoms with Crippen LogP contribution in [-0.4, -0.2) is 35.2 Å². The standard InChI is InChI=1S/C42H56N2O4S5/c1-5-9-13-17-23-45-31-27-49-41-35(47-25-19-15-11-7-3)37(51-39(31)41)29-21-22-30(34-33(29)43-53-44-34)38-36(48-26-20-16-12-8-4)42-40(52-38)32(28-50-42)46-24-18-14-10-6-2/h21-22,27-28H,5-20,23-26H2,1-4H3. The third kappa shape index (κ3) is 9.87. The Bertz CT molecular complexity index is 1850. The fourth-order valence-corrected chi connectivity index (χ4v) is 12.0. The highest BCUT2D eigenvalue weighted by molar-refractivity contribution is 7.31. The van der Waals surface area contributed by atoms with E-state index in [-0.39, 0.29) is 0 Å². The van der Waals surface area contributed by atoms with E-state index in [9.17, 15) is 0 Å². The van der Waals surface area contributed by atoms with Gasteiger partial charge in [0.15, 0.2) is 11.5 Å². The molecular formula is C42H56N2O4S5. The maximum atomic E-state index is 6.68. The molecule has 53 heavy (non-hydrogen) atoms. The van der Waals surface area contributed by atoms with E-state index in [1.165, 1.54) is 108 Å². The lowest BCUT2D eigenvalue weighted by Crippen LogP contribution is -1.98. The number of ether oxygens (including phenoxy) is 4. The van der Waals surface area contributed by atoms with Crippen LogP contribution in [-0.2, 0) is 0 Å². The van der Waals surface area contributed by atoms with Gasteiger partial charge in [-0.25, -0.2) is 0 Å². The van der Waals surface area contributed by atoms with Gasteiger partial charge in [0.05, 0.1) is 66.7 Å². The maximum absolute atomic E-state index is 6.68. The molecule has 0 amide bonds. The molecule has 5 aromatic heterocycles. The summed E-state index contributed by atoms with van der Waals surface area (Å²) >= 11 is 8.27. The molecule has 1 aromatic carbocycles. The van der Waals surface area contributed by atoms with E-state index in [2.05, 4.69) is 50.6 Å².